The number of fused-ring (bicyclic) bond motifs is 1. The highest BCUT2D eigenvalue weighted by molar-refractivity contribution is 5.84. The smallest absolute Gasteiger partial charge is 0.0924 e. The first-order valence-electron chi connectivity index (χ1n) is 7.51. The third kappa shape index (κ3) is 2.55. The van der Waals surface area contributed by atoms with Crippen LogP contribution in [0, 0.1) is 0 Å². The molecule has 0 bridgehead atoms. The van der Waals surface area contributed by atoms with Gasteiger partial charge in [0.2, 0.25) is 0 Å². The van der Waals surface area contributed by atoms with Crippen LogP contribution in [0.2, 0.25) is 0 Å². The molecule has 0 spiro atoms. The van der Waals surface area contributed by atoms with Crippen molar-refractivity contribution in [3.05, 3.63) is 67.1 Å². The van der Waals surface area contributed by atoms with Crippen molar-refractivity contribution in [1.29, 1.82) is 0 Å². The number of hydrogen-bond donors (Lipinski definition) is 2. The molecule has 0 radical (unpaired) electrons. The Kier molecular flexibility index (Phi) is 3.27. The summed E-state index contributed by atoms with van der Waals surface area (Å²) in [4.78, 5) is 11.9. The van der Waals surface area contributed by atoms with Gasteiger partial charge in [0.15, 0.2) is 0 Å². The van der Waals surface area contributed by atoms with E-state index in [1.54, 1.807) is 6.33 Å². The third-order valence-electron chi connectivity index (χ3n) is 3.97. The lowest BCUT2D eigenvalue weighted by atomic mass is 10.1. The largest absolute Gasteiger partial charge is 0.388 e. The van der Waals surface area contributed by atoms with Gasteiger partial charge in [-0.15, -0.1) is 0 Å². The van der Waals surface area contributed by atoms with Crippen LogP contribution in [0.4, 0.5) is 5.69 Å². The minimum Gasteiger partial charge on any atom is -0.388 e. The van der Waals surface area contributed by atoms with E-state index in [4.69, 9.17) is 4.98 Å². The van der Waals surface area contributed by atoms with E-state index >= 15 is 0 Å². The van der Waals surface area contributed by atoms with Crippen molar-refractivity contribution in [1.82, 2.24) is 15.0 Å². The van der Waals surface area contributed by atoms with E-state index in [2.05, 4.69) is 57.7 Å². The highest BCUT2D eigenvalue weighted by Crippen LogP contribution is 2.25. The standard InChI is InChI=1S/C19H16N4/c1-20-16-7-9-18-15(10-16)6-8-17(23-18)13-2-4-14(5-3-13)19-11-21-12-22-19/h2-12,20H,1H3,(H,21,22). The zero-order valence-corrected chi connectivity index (χ0v) is 12.7. The van der Waals surface area contributed by atoms with Crippen molar-refractivity contribution < 1.29 is 0 Å². The molecule has 0 fully saturated rings. The first-order valence-corrected chi connectivity index (χ1v) is 7.51. The van der Waals surface area contributed by atoms with E-state index in [9.17, 15) is 0 Å². The number of benzene rings is 2. The Labute approximate surface area is 134 Å². The summed E-state index contributed by atoms with van der Waals surface area (Å²) in [6, 6.07) is 18.7. The van der Waals surface area contributed by atoms with Crippen molar-refractivity contribution in [3.8, 4) is 22.5 Å². The van der Waals surface area contributed by atoms with E-state index in [1.165, 1.54) is 0 Å². The second-order valence-electron chi connectivity index (χ2n) is 5.40. The summed E-state index contributed by atoms with van der Waals surface area (Å²) in [5, 5.41) is 4.28. The lowest BCUT2D eigenvalue weighted by Gasteiger charge is -2.06. The maximum atomic E-state index is 4.77. The molecule has 0 amide bonds. The predicted molar refractivity (Wildman–Crippen MR) is 94.3 cm³/mol. The van der Waals surface area contributed by atoms with Gasteiger partial charge in [-0.2, -0.15) is 0 Å². The van der Waals surface area contributed by atoms with Gasteiger partial charge in [-0.25, -0.2) is 9.97 Å². The topological polar surface area (TPSA) is 53.6 Å². The van der Waals surface area contributed by atoms with Gasteiger partial charge in [0.25, 0.3) is 0 Å². The van der Waals surface area contributed by atoms with Gasteiger partial charge in [0.05, 0.1) is 29.4 Å². The molecule has 2 N–H and O–H groups in total. The van der Waals surface area contributed by atoms with Gasteiger partial charge in [-0.1, -0.05) is 30.3 Å². The fourth-order valence-corrected chi connectivity index (χ4v) is 2.68. The monoisotopic (exact) mass is 300 g/mol. The van der Waals surface area contributed by atoms with Gasteiger partial charge < -0.3 is 10.3 Å². The van der Waals surface area contributed by atoms with E-state index in [0.29, 0.717) is 0 Å². The molecule has 0 saturated carbocycles. The maximum absolute atomic E-state index is 4.77. The average Bonchev–Trinajstić information content (AvgIpc) is 3.15. The molecule has 0 atom stereocenters. The van der Waals surface area contributed by atoms with Crippen LogP contribution < -0.4 is 5.32 Å². The zero-order valence-electron chi connectivity index (χ0n) is 12.7. The molecule has 0 aliphatic carbocycles. The SMILES string of the molecule is CNc1ccc2nc(-c3ccc(-c4cnc[nH]4)cc3)ccc2c1. The lowest BCUT2D eigenvalue weighted by Crippen LogP contribution is -1.89. The maximum Gasteiger partial charge on any atom is 0.0924 e. The van der Waals surface area contributed by atoms with Crippen LogP contribution in [-0.2, 0) is 0 Å². The molecule has 4 heteroatoms. The van der Waals surface area contributed by atoms with E-state index in [1.807, 2.05) is 25.4 Å². The average molecular weight is 300 g/mol. The fourth-order valence-electron chi connectivity index (χ4n) is 2.68. The Morgan fingerprint density at radius 1 is 0.913 bits per heavy atom. The number of rotatable bonds is 3. The van der Waals surface area contributed by atoms with Crippen LogP contribution in [0.25, 0.3) is 33.4 Å². The van der Waals surface area contributed by atoms with Crippen LogP contribution >= 0.6 is 0 Å². The summed E-state index contributed by atoms with van der Waals surface area (Å²) in [6.45, 7) is 0. The molecule has 0 unspecified atom stereocenters. The Morgan fingerprint density at radius 3 is 2.48 bits per heavy atom. The van der Waals surface area contributed by atoms with Crippen LogP contribution in [0.15, 0.2) is 67.1 Å². The van der Waals surface area contributed by atoms with E-state index in [0.717, 1.165) is 39.1 Å². The minimum atomic E-state index is 0.978. The van der Waals surface area contributed by atoms with Gasteiger partial charge in [-0.05, 0) is 29.8 Å². The summed E-state index contributed by atoms with van der Waals surface area (Å²) in [5.41, 5.74) is 6.31. The van der Waals surface area contributed by atoms with Gasteiger partial charge in [0.1, 0.15) is 0 Å². The number of H-pyrrole nitrogens is 1. The van der Waals surface area contributed by atoms with Crippen molar-refractivity contribution >= 4 is 16.6 Å². The van der Waals surface area contributed by atoms with Gasteiger partial charge in [0, 0.05) is 23.7 Å². The molecule has 2 aromatic heterocycles. The predicted octanol–water partition coefficient (Wildman–Crippen LogP) is 4.33. The fraction of sp³-hybridized carbons (Fsp3) is 0.0526. The first kappa shape index (κ1) is 13.5. The van der Waals surface area contributed by atoms with Crippen LogP contribution in [0.3, 0.4) is 0 Å². The van der Waals surface area contributed by atoms with Crippen molar-refractivity contribution in [3.63, 3.8) is 0 Å². The normalized spacial score (nSPS) is 10.8. The number of imidazole rings is 1. The molecule has 0 aliphatic rings. The summed E-state index contributed by atoms with van der Waals surface area (Å²) in [5.74, 6) is 0. The first-order chi connectivity index (χ1) is 11.3. The highest BCUT2D eigenvalue weighted by atomic mass is 14.9. The van der Waals surface area contributed by atoms with E-state index < -0.39 is 0 Å². The molecule has 4 nitrogen and oxygen atoms in total. The Hall–Kier alpha value is -3.14. The molecule has 112 valence electrons. The minimum absolute atomic E-state index is 0.978. The Bertz CT molecular complexity index is 941. The number of nitrogens with one attached hydrogen (secondary N) is 2. The molecule has 2 heterocycles. The molecule has 0 aliphatic heterocycles. The van der Waals surface area contributed by atoms with Crippen molar-refractivity contribution in [2.75, 3.05) is 12.4 Å². The van der Waals surface area contributed by atoms with E-state index in [-0.39, 0.29) is 0 Å². The van der Waals surface area contributed by atoms with Gasteiger partial charge >= 0.3 is 0 Å². The van der Waals surface area contributed by atoms with Crippen molar-refractivity contribution in [2.45, 2.75) is 0 Å². The number of pyridine rings is 1. The lowest BCUT2D eigenvalue weighted by molar-refractivity contribution is 1.31. The number of anilines is 1. The quantitative estimate of drug-likeness (QED) is 0.592. The van der Waals surface area contributed by atoms with Crippen molar-refractivity contribution in [2.24, 2.45) is 0 Å². The molecule has 2 aromatic carbocycles. The summed E-state index contributed by atoms with van der Waals surface area (Å²) < 4.78 is 0. The number of aromatic nitrogens is 3. The summed E-state index contributed by atoms with van der Waals surface area (Å²) >= 11 is 0. The zero-order chi connectivity index (χ0) is 15.6. The number of nitrogens with zero attached hydrogens (tertiary/aromatic N) is 2. The second kappa shape index (κ2) is 5.57. The van der Waals surface area contributed by atoms with Crippen LogP contribution in [-0.4, -0.2) is 22.0 Å². The van der Waals surface area contributed by atoms with Crippen LogP contribution in [0.5, 0.6) is 0 Å². The van der Waals surface area contributed by atoms with Crippen LogP contribution in [0.1, 0.15) is 0 Å². The Balaban J connectivity index is 1.71. The highest BCUT2D eigenvalue weighted by Gasteiger charge is 2.04. The molecular formula is C19H16N4. The molecule has 0 saturated heterocycles. The molecule has 23 heavy (non-hydrogen) atoms. The number of hydrogen-bond acceptors (Lipinski definition) is 3. The molecule has 4 aromatic rings. The molecular weight excluding hydrogens is 284 g/mol. The number of aromatic amines is 1. The molecule has 4 rings (SSSR count). The van der Waals surface area contributed by atoms with Gasteiger partial charge in [-0.3, -0.25) is 0 Å². The second-order valence-corrected chi connectivity index (χ2v) is 5.40. The summed E-state index contributed by atoms with van der Waals surface area (Å²) in [7, 11) is 1.92. The Morgan fingerprint density at radius 2 is 1.74 bits per heavy atom. The summed E-state index contributed by atoms with van der Waals surface area (Å²) in [6.07, 6.45) is 3.51. The third-order valence-corrected chi connectivity index (χ3v) is 3.97.